The zero-order valence-electron chi connectivity index (χ0n) is 11.7. The minimum Gasteiger partial charge on any atom is -0.464 e. The minimum absolute atomic E-state index is 0.105. The first-order valence-electron chi connectivity index (χ1n) is 6.25. The fourth-order valence-electron chi connectivity index (χ4n) is 1.73. The molecule has 0 radical (unpaired) electrons. The Morgan fingerprint density at radius 2 is 1.80 bits per heavy atom. The maximum absolute atomic E-state index is 12.4. The summed E-state index contributed by atoms with van der Waals surface area (Å²) in [7, 11) is 0. The molecule has 1 N–H and O–H groups in total. The maximum atomic E-state index is 12.4. The van der Waals surface area contributed by atoms with Crippen molar-refractivity contribution in [1.29, 1.82) is 0 Å². The van der Waals surface area contributed by atoms with Crippen LogP contribution < -0.4 is 5.32 Å². The molecule has 1 aromatic carbocycles. The van der Waals surface area contributed by atoms with E-state index >= 15 is 0 Å². The lowest BCUT2D eigenvalue weighted by Crippen LogP contribution is -2.50. The molecular weight excluding hydrogens is 271 g/mol. The van der Waals surface area contributed by atoms with E-state index in [0.29, 0.717) is 5.56 Å². The van der Waals surface area contributed by atoms with Gasteiger partial charge < -0.3 is 4.74 Å². The highest BCUT2D eigenvalue weighted by atomic mass is 19.4. The van der Waals surface area contributed by atoms with Crippen LogP contribution in [-0.4, -0.2) is 25.3 Å². The second kappa shape index (κ2) is 6.26. The SMILES string of the molecule is CCOC(=O)C(C)(NCC(F)(F)F)c1ccc(C)cc1. The number of ether oxygens (including phenoxy) is 1. The molecule has 6 heteroatoms. The van der Waals surface area contributed by atoms with Crippen molar-refractivity contribution >= 4 is 5.97 Å². The van der Waals surface area contributed by atoms with E-state index in [-0.39, 0.29) is 6.61 Å². The molecule has 0 saturated carbocycles. The number of benzene rings is 1. The van der Waals surface area contributed by atoms with Gasteiger partial charge >= 0.3 is 12.1 Å². The monoisotopic (exact) mass is 289 g/mol. The van der Waals surface area contributed by atoms with Crippen molar-refractivity contribution in [3.63, 3.8) is 0 Å². The average Bonchev–Trinajstić information content (AvgIpc) is 2.36. The smallest absolute Gasteiger partial charge is 0.401 e. The third-order valence-electron chi connectivity index (χ3n) is 2.95. The van der Waals surface area contributed by atoms with Crippen molar-refractivity contribution in [3.8, 4) is 0 Å². The van der Waals surface area contributed by atoms with Crippen LogP contribution in [0.2, 0.25) is 0 Å². The van der Waals surface area contributed by atoms with Gasteiger partial charge in [-0.2, -0.15) is 13.2 Å². The number of rotatable bonds is 5. The highest BCUT2D eigenvalue weighted by molar-refractivity contribution is 5.82. The van der Waals surface area contributed by atoms with E-state index in [1.165, 1.54) is 6.92 Å². The van der Waals surface area contributed by atoms with Gasteiger partial charge in [-0.1, -0.05) is 29.8 Å². The van der Waals surface area contributed by atoms with Crippen LogP contribution in [0.1, 0.15) is 25.0 Å². The molecule has 20 heavy (non-hydrogen) atoms. The zero-order chi connectivity index (χ0) is 15.4. The van der Waals surface area contributed by atoms with Crippen molar-refractivity contribution in [2.24, 2.45) is 0 Å². The number of carbonyl (C=O) groups excluding carboxylic acids is 1. The molecule has 0 aliphatic heterocycles. The predicted octanol–water partition coefficient (Wildman–Crippen LogP) is 2.93. The lowest BCUT2D eigenvalue weighted by atomic mass is 9.91. The standard InChI is InChI=1S/C14H18F3NO2/c1-4-20-12(19)13(3,18-9-14(15,16)17)11-7-5-10(2)6-8-11/h5-8,18H,4,9H2,1-3H3. The van der Waals surface area contributed by atoms with Crippen LogP contribution >= 0.6 is 0 Å². The van der Waals surface area contributed by atoms with Gasteiger partial charge in [-0.3, -0.25) is 5.32 Å². The van der Waals surface area contributed by atoms with E-state index in [1.54, 1.807) is 31.2 Å². The van der Waals surface area contributed by atoms with Crippen LogP contribution in [0.5, 0.6) is 0 Å². The van der Waals surface area contributed by atoms with Gasteiger partial charge in [0.2, 0.25) is 0 Å². The summed E-state index contributed by atoms with van der Waals surface area (Å²) in [4.78, 5) is 12.0. The molecule has 0 heterocycles. The molecule has 0 aliphatic carbocycles. The first-order chi connectivity index (χ1) is 9.19. The van der Waals surface area contributed by atoms with Crippen LogP contribution in [0.15, 0.2) is 24.3 Å². The Morgan fingerprint density at radius 1 is 1.25 bits per heavy atom. The first-order valence-corrected chi connectivity index (χ1v) is 6.25. The molecular formula is C14H18F3NO2. The van der Waals surface area contributed by atoms with Gasteiger partial charge in [0.15, 0.2) is 0 Å². The van der Waals surface area contributed by atoms with Gasteiger partial charge in [-0.25, -0.2) is 4.79 Å². The largest absolute Gasteiger partial charge is 0.464 e. The van der Waals surface area contributed by atoms with E-state index < -0.39 is 24.2 Å². The average molecular weight is 289 g/mol. The van der Waals surface area contributed by atoms with Crippen LogP contribution in [-0.2, 0) is 15.1 Å². The van der Waals surface area contributed by atoms with Crippen LogP contribution in [0.25, 0.3) is 0 Å². The van der Waals surface area contributed by atoms with E-state index in [1.807, 2.05) is 6.92 Å². The molecule has 1 rings (SSSR count). The number of nitrogens with one attached hydrogen (secondary N) is 1. The summed E-state index contributed by atoms with van der Waals surface area (Å²) in [5.74, 6) is -0.729. The summed E-state index contributed by atoms with van der Waals surface area (Å²) in [5, 5.41) is 2.26. The molecule has 1 aromatic rings. The fourth-order valence-corrected chi connectivity index (χ4v) is 1.73. The molecule has 112 valence electrons. The van der Waals surface area contributed by atoms with Gasteiger partial charge in [0, 0.05) is 0 Å². The molecule has 0 aliphatic rings. The van der Waals surface area contributed by atoms with Crippen molar-refractivity contribution in [2.75, 3.05) is 13.2 Å². The first kappa shape index (κ1) is 16.5. The number of halogens is 3. The summed E-state index contributed by atoms with van der Waals surface area (Å²) in [6, 6.07) is 6.72. The Kier molecular flexibility index (Phi) is 5.16. The summed E-state index contributed by atoms with van der Waals surface area (Å²) in [5.41, 5.74) is -0.138. The molecule has 1 atom stereocenters. The maximum Gasteiger partial charge on any atom is 0.401 e. The number of aryl methyl sites for hydroxylation is 1. The lowest BCUT2D eigenvalue weighted by molar-refractivity contribution is -0.155. The van der Waals surface area contributed by atoms with E-state index in [9.17, 15) is 18.0 Å². The number of hydrogen-bond donors (Lipinski definition) is 1. The molecule has 0 spiro atoms. The van der Waals surface area contributed by atoms with Gasteiger partial charge in [0.05, 0.1) is 13.2 Å². The van der Waals surface area contributed by atoms with Crippen molar-refractivity contribution < 1.29 is 22.7 Å². The molecule has 3 nitrogen and oxygen atoms in total. The van der Waals surface area contributed by atoms with Crippen LogP contribution in [0.3, 0.4) is 0 Å². The Balaban J connectivity index is 3.06. The van der Waals surface area contributed by atoms with Gasteiger partial charge in [-0.15, -0.1) is 0 Å². The summed E-state index contributed by atoms with van der Waals surface area (Å²) in [6.07, 6.45) is -4.40. The van der Waals surface area contributed by atoms with Crippen molar-refractivity contribution in [2.45, 2.75) is 32.5 Å². The number of hydrogen-bond acceptors (Lipinski definition) is 3. The van der Waals surface area contributed by atoms with Crippen LogP contribution in [0, 0.1) is 6.92 Å². The van der Waals surface area contributed by atoms with E-state index in [0.717, 1.165) is 5.56 Å². The highest BCUT2D eigenvalue weighted by Crippen LogP contribution is 2.25. The third-order valence-corrected chi connectivity index (χ3v) is 2.95. The summed E-state index contributed by atoms with van der Waals surface area (Å²) in [6.45, 7) is 3.69. The Labute approximate surface area is 116 Å². The highest BCUT2D eigenvalue weighted by Gasteiger charge is 2.40. The third kappa shape index (κ3) is 4.23. The molecule has 0 amide bonds. The van der Waals surface area contributed by atoms with Crippen molar-refractivity contribution in [3.05, 3.63) is 35.4 Å². The molecule has 0 bridgehead atoms. The van der Waals surface area contributed by atoms with Gasteiger partial charge in [0.25, 0.3) is 0 Å². The molecule has 0 aromatic heterocycles. The van der Waals surface area contributed by atoms with E-state index in [2.05, 4.69) is 5.32 Å². The summed E-state index contributed by atoms with van der Waals surface area (Å²) >= 11 is 0. The lowest BCUT2D eigenvalue weighted by Gasteiger charge is -2.29. The van der Waals surface area contributed by atoms with Gasteiger partial charge in [0.1, 0.15) is 5.54 Å². The Morgan fingerprint density at radius 3 is 2.25 bits per heavy atom. The Bertz CT molecular complexity index is 456. The van der Waals surface area contributed by atoms with Crippen LogP contribution in [0.4, 0.5) is 13.2 Å². The number of alkyl halides is 3. The summed E-state index contributed by atoms with van der Waals surface area (Å²) < 4.78 is 42.1. The number of carbonyl (C=O) groups is 1. The quantitative estimate of drug-likeness (QED) is 0.847. The second-order valence-electron chi connectivity index (χ2n) is 4.68. The molecule has 0 fully saturated rings. The fraction of sp³-hybridized carbons (Fsp3) is 0.500. The zero-order valence-corrected chi connectivity index (χ0v) is 11.7. The Hall–Kier alpha value is -1.56. The normalized spacial score (nSPS) is 14.7. The van der Waals surface area contributed by atoms with E-state index in [4.69, 9.17) is 4.74 Å². The predicted molar refractivity (Wildman–Crippen MR) is 69.2 cm³/mol. The molecule has 0 saturated heterocycles. The van der Waals surface area contributed by atoms with Gasteiger partial charge in [-0.05, 0) is 26.3 Å². The number of esters is 1. The second-order valence-corrected chi connectivity index (χ2v) is 4.68. The molecule has 1 unspecified atom stereocenters. The topological polar surface area (TPSA) is 38.3 Å². The van der Waals surface area contributed by atoms with Crippen molar-refractivity contribution in [1.82, 2.24) is 5.32 Å². The minimum atomic E-state index is -4.40.